The number of nitrogen functional groups attached to an aromatic ring is 1. The Labute approximate surface area is 201 Å². The molecule has 3 aromatic heterocycles. The van der Waals surface area contributed by atoms with Crippen LogP contribution in [0.15, 0.2) is 48.7 Å². The van der Waals surface area contributed by atoms with Gasteiger partial charge in [0.05, 0.1) is 35.4 Å². The molecule has 1 fully saturated rings. The maximum atomic E-state index is 14.7. The number of nitriles is 1. The Morgan fingerprint density at radius 2 is 1.86 bits per heavy atom. The third kappa shape index (κ3) is 4.58. The van der Waals surface area contributed by atoms with Crippen LogP contribution in [0.5, 0.6) is 0 Å². The predicted molar refractivity (Wildman–Crippen MR) is 126 cm³/mol. The van der Waals surface area contributed by atoms with E-state index >= 15 is 0 Å². The van der Waals surface area contributed by atoms with Crippen LogP contribution in [-0.2, 0) is 16.7 Å². The molecule has 5 rings (SSSR count). The topological polar surface area (TPSA) is 128 Å². The van der Waals surface area contributed by atoms with Crippen molar-refractivity contribution in [3.63, 3.8) is 0 Å². The number of hydrogen-bond donors (Lipinski definition) is 1. The summed E-state index contributed by atoms with van der Waals surface area (Å²) in [4.78, 5) is 13.3. The van der Waals surface area contributed by atoms with Crippen LogP contribution in [0.3, 0.4) is 0 Å². The first kappa shape index (κ1) is 22.6. The second-order valence-electron chi connectivity index (χ2n) is 8.76. The molecule has 4 aromatic rings. The standard InChI is InChI=1S/C25H23FN8O/c1-25(8-10-35-11-9-25)22-7-3-5-17(29-22)14-34-15-21(32-33-34)20-12-19(30-24(28)31-20)18-6-2-4-16(13-27)23(18)26/h2-7,12,15H,8-11,14H2,1H3,(H2,28,30,31). The zero-order valence-electron chi connectivity index (χ0n) is 19.1. The first-order chi connectivity index (χ1) is 16.9. The van der Waals surface area contributed by atoms with Gasteiger partial charge in [0, 0.05) is 29.9 Å². The molecule has 35 heavy (non-hydrogen) atoms. The van der Waals surface area contributed by atoms with Gasteiger partial charge in [0.15, 0.2) is 0 Å². The number of ether oxygens (including phenoxy) is 1. The Morgan fingerprint density at radius 3 is 2.66 bits per heavy atom. The number of hydrogen-bond acceptors (Lipinski definition) is 8. The molecule has 10 heteroatoms. The number of benzene rings is 1. The summed E-state index contributed by atoms with van der Waals surface area (Å²) in [6, 6.07) is 14.0. The van der Waals surface area contributed by atoms with Gasteiger partial charge in [-0.25, -0.2) is 19.0 Å². The predicted octanol–water partition coefficient (Wildman–Crippen LogP) is 3.51. The Hall–Kier alpha value is -4.23. The smallest absolute Gasteiger partial charge is 0.221 e. The maximum Gasteiger partial charge on any atom is 0.221 e. The first-order valence-corrected chi connectivity index (χ1v) is 11.2. The van der Waals surface area contributed by atoms with Crippen LogP contribution < -0.4 is 5.73 Å². The van der Waals surface area contributed by atoms with Crippen LogP contribution in [0.1, 0.15) is 36.7 Å². The summed E-state index contributed by atoms with van der Waals surface area (Å²) in [5.41, 5.74) is 9.02. The van der Waals surface area contributed by atoms with Gasteiger partial charge in [0.1, 0.15) is 17.6 Å². The van der Waals surface area contributed by atoms with Crippen LogP contribution in [0.2, 0.25) is 0 Å². The number of anilines is 1. The number of nitrogens with two attached hydrogens (primary N) is 1. The molecular formula is C25H23FN8O. The van der Waals surface area contributed by atoms with Gasteiger partial charge in [0.2, 0.25) is 5.95 Å². The molecular weight excluding hydrogens is 447 g/mol. The molecule has 4 heterocycles. The van der Waals surface area contributed by atoms with E-state index < -0.39 is 5.82 Å². The fourth-order valence-corrected chi connectivity index (χ4v) is 4.19. The van der Waals surface area contributed by atoms with Gasteiger partial charge >= 0.3 is 0 Å². The second-order valence-corrected chi connectivity index (χ2v) is 8.76. The zero-order valence-corrected chi connectivity index (χ0v) is 19.1. The monoisotopic (exact) mass is 470 g/mol. The normalized spacial score (nSPS) is 15.0. The number of rotatable bonds is 5. The fourth-order valence-electron chi connectivity index (χ4n) is 4.19. The highest BCUT2D eigenvalue weighted by atomic mass is 19.1. The molecule has 1 aliphatic heterocycles. The second kappa shape index (κ2) is 9.19. The van der Waals surface area contributed by atoms with E-state index in [0.717, 1.165) is 37.4 Å². The fraction of sp³-hybridized carbons (Fsp3) is 0.280. The zero-order chi connectivity index (χ0) is 24.4. The minimum Gasteiger partial charge on any atom is -0.381 e. The van der Waals surface area contributed by atoms with Crippen molar-refractivity contribution in [3.8, 4) is 28.7 Å². The van der Waals surface area contributed by atoms with Crippen molar-refractivity contribution in [1.82, 2.24) is 29.9 Å². The van der Waals surface area contributed by atoms with Crippen molar-refractivity contribution in [1.29, 1.82) is 5.26 Å². The van der Waals surface area contributed by atoms with Gasteiger partial charge in [-0.3, -0.25) is 4.98 Å². The van der Waals surface area contributed by atoms with E-state index in [4.69, 9.17) is 20.7 Å². The Balaban J connectivity index is 1.41. The molecule has 0 saturated carbocycles. The number of nitrogens with zero attached hydrogens (tertiary/aromatic N) is 7. The third-order valence-electron chi connectivity index (χ3n) is 6.29. The Bertz CT molecular complexity index is 1420. The van der Waals surface area contributed by atoms with Crippen molar-refractivity contribution < 1.29 is 9.13 Å². The van der Waals surface area contributed by atoms with Crippen LogP contribution in [0.25, 0.3) is 22.6 Å². The van der Waals surface area contributed by atoms with Gasteiger partial charge in [0.25, 0.3) is 0 Å². The van der Waals surface area contributed by atoms with Crippen molar-refractivity contribution in [2.24, 2.45) is 0 Å². The van der Waals surface area contributed by atoms with Gasteiger partial charge in [-0.1, -0.05) is 24.3 Å². The van der Waals surface area contributed by atoms with E-state index in [0.29, 0.717) is 17.9 Å². The minimum absolute atomic E-state index is 0.00516. The summed E-state index contributed by atoms with van der Waals surface area (Å²) in [6.07, 6.45) is 3.61. The highest BCUT2D eigenvalue weighted by molar-refractivity contribution is 5.68. The van der Waals surface area contributed by atoms with Gasteiger partial charge in [-0.2, -0.15) is 5.26 Å². The van der Waals surface area contributed by atoms with Crippen molar-refractivity contribution in [2.75, 3.05) is 18.9 Å². The van der Waals surface area contributed by atoms with E-state index in [2.05, 4.69) is 33.3 Å². The Kier molecular flexibility index (Phi) is 5.93. The number of pyridine rings is 1. The van der Waals surface area contributed by atoms with Crippen LogP contribution in [0, 0.1) is 17.1 Å². The van der Waals surface area contributed by atoms with Gasteiger partial charge < -0.3 is 10.5 Å². The Morgan fingerprint density at radius 1 is 1.09 bits per heavy atom. The molecule has 0 spiro atoms. The van der Waals surface area contributed by atoms with Gasteiger partial charge in [-0.05, 0) is 43.2 Å². The molecule has 176 valence electrons. The van der Waals surface area contributed by atoms with Gasteiger partial charge in [-0.15, -0.1) is 5.10 Å². The highest BCUT2D eigenvalue weighted by Gasteiger charge is 2.30. The lowest BCUT2D eigenvalue weighted by Crippen LogP contribution is -2.31. The summed E-state index contributed by atoms with van der Waals surface area (Å²) < 4.78 is 21.9. The molecule has 1 saturated heterocycles. The van der Waals surface area contributed by atoms with Crippen molar-refractivity contribution in [2.45, 2.75) is 31.7 Å². The molecule has 0 aliphatic carbocycles. The summed E-state index contributed by atoms with van der Waals surface area (Å²) in [5, 5.41) is 17.6. The third-order valence-corrected chi connectivity index (χ3v) is 6.29. The lowest BCUT2D eigenvalue weighted by Gasteiger charge is -2.33. The van der Waals surface area contributed by atoms with Crippen LogP contribution in [-0.4, -0.2) is 43.2 Å². The maximum absolute atomic E-state index is 14.7. The summed E-state index contributed by atoms with van der Waals surface area (Å²) >= 11 is 0. The lowest BCUT2D eigenvalue weighted by atomic mass is 9.79. The summed E-state index contributed by atoms with van der Waals surface area (Å²) in [5.74, 6) is -0.695. The SMILES string of the molecule is CC1(c2cccc(Cn3cc(-c4cc(-c5cccc(C#N)c5F)nc(N)n4)nn3)n2)CCOCC1. The molecule has 1 aliphatic rings. The minimum atomic E-state index is -0.660. The highest BCUT2D eigenvalue weighted by Crippen LogP contribution is 2.33. The lowest BCUT2D eigenvalue weighted by molar-refractivity contribution is 0.0550. The molecule has 0 bridgehead atoms. The van der Waals surface area contributed by atoms with Crippen LogP contribution in [0.4, 0.5) is 10.3 Å². The van der Waals surface area contributed by atoms with E-state index in [1.807, 2.05) is 18.2 Å². The quantitative estimate of drug-likeness (QED) is 0.469. The molecule has 0 radical (unpaired) electrons. The van der Waals surface area contributed by atoms with Crippen LogP contribution >= 0.6 is 0 Å². The van der Waals surface area contributed by atoms with E-state index in [1.54, 1.807) is 23.0 Å². The van der Waals surface area contributed by atoms with E-state index in [9.17, 15) is 4.39 Å². The molecule has 1 aromatic carbocycles. The molecule has 0 unspecified atom stereocenters. The largest absolute Gasteiger partial charge is 0.381 e. The average Bonchev–Trinajstić information content (AvgIpc) is 3.33. The summed E-state index contributed by atoms with van der Waals surface area (Å²) in [7, 11) is 0. The van der Waals surface area contributed by atoms with E-state index in [-0.39, 0.29) is 28.2 Å². The number of halogens is 1. The average molecular weight is 471 g/mol. The van der Waals surface area contributed by atoms with Crippen molar-refractivity contribution >= 4 is 5.95 Å². The first-order valence-electron chi connectivity index (χ1n) is 11.2. The summed E-state index contributed by atoms with van der Waals surface area (Å²) in [6.45, 7) is 4.13. The molecule has 0 atom stereocenters. The molecule has 9 nitrogen and oxygen atoms in total. The van der Waals surface area contributed by atoms with Crippen molar-refractivity contribution in [3.05, 3.63) is 71.4 Å². The molecule has 0 amide bonds. The molecule has 2 N–H and O–H groups in total. The number of aromatic nitrogens is 6. The van der Waals surface area contributed by atoms with E-state index in [1.165, 1.54) is 12.1 Å².